The molecule has 1 aliphatic carbocycles. The number of benzene rings is 1. The third-order valence-corrected chi connectivity index (χ3v) is 3.98. The Morgan fingerprint density at radius 1 is 1.40 bits per heavy atom. The largest absolute Gasteiger partial charge is 0.497 e. The molecule has 0 amide bonds. The minimum absolute atomic E-state index is 0.328. The number of rotatable bonds is 3. The van der Waals surface area contributed by atoms with Crippen molar-refractivity contribution in [2.24, 2.45) is 0 Å². The Bertz CT molecular complexity index is 722. The van der Waals surface area contributed by atoms with Gasteiger partial charge in [-0.05, 0) is 31.9 Å². The van der Waals surface area contributed by atoms with Gasteiger partial charge in [-0.25, -0.2) is 9.37 Å². The van der Waals surface area contributed by atoms with Gasteiger partial charge in [0.05, 0.1) is 12.8 Å². The van der Waals surface area contributed by atoms with Crippen LogP contribution in [-0.2, 0) is 0 Å². The van der Waals surface area contributed by atoms with Crippen LogP contribution in [0.25, 0.3) is 11.3 Å². The predicted octanol–water partition coefficient (Wildman–Crippen LogP) is 4.14. The summed E-state index contributed by atoms with van der Waals surface area (Å²) in [5.41, 5.74) is 2.01. The van der Waals surface area contributed by atoms with Gasteiger partial charge in [-0.2, -0.15) is 0 Å². The van der Waals surface area contributed by atoms with Gasteiger partial charge in [-0.3, -0.25) is 0 Å². The molecule has 5 heteroatoms. The molecule has 1 fully saturated rings. The van der Waals surface area contributed by atoms with Gasteiger partial charge >= 0.3 is 0 Å². The van der Waals surface area contributed by atoms with Crippen LogP contribution in [0.3, 0.4) is 0 Å². The molecule has 0 atom stereocenters. The van der Waals surface area contributed by atoms with Crippen LogP contribution in [0.15, 0.2) is 18.2 Å². The number of ether oxygens (including phenoxy) is 1. The molecule has 2 aromatic rings. The Morgan fingerprint density at radius 3 is 2.75 bits per heavy atom. The summed E-state index contributed by atoms with van der Waals surface area (Å²) in [6, 6.07) is 4.83. The van der Waals surface area contributed by atoms with Crippen LogP contribution >= 0.6 is 12.2 Å². The molecule has 3 nitrogen and oxygen atoms in total. The van der Waals surface area contributed by atoms with E-state index in [0.717, 1.165) is 24.2 Å². The second kappa shape index (κ2) is 4.98. The van der Waals surface area contributed by atoms with Crippen molar-refractivity contribution in [3.8, 4) is 17.0 Å². The number of nitrogens with zero attached hydrogens (tertiary/aromatic N) is 1. The SMILES string of the molecule is COc1ccc(-c2[nH]c(C3CC3)nc(=S)c2C)c(F)c1. The van der Waals surface area contributed by atoms with Gasteiger partial charge in [-0.15, -0.1) is 0 Å². The number of nitrogens with one attached hydrogen (secondary N) is 1. The highest BCUT2D eigenvalue weighted by atomic mass is 32.1. The first kappa shape index (κ1) is 13.2. The molecule has 0 spiro atoms. The van der Waals surface area contributed by atoms with E-state index < -0.39 is 0 Å². The van der Waals surface area contributed by atoms with Gasteiger partial charge in [0.25, 0.3) is 0 Å². The first-order valence-corrected chi connectivity index (χ1v) is 6.95. The second-order valence-electron chi connectivity index (χ2n) is 5.05. The summed E-state index contributed by atoms with van der Waals surface area (Å²) in [7, 11) is 1.52. The summed E-state index contributed by atoms with van der Waals surface area (Å²) >= 11 is 5.29. The number of aromatic amines is 1. The van der Waals surface area contributed by atoms with Crippen LogP contribution in [-0.4, -0.2) is 17.1 Å². The van der Waals surface area contributed by atoms with E-state index in [0.29, 0.717) is 27.6 Å². The van der Waals surface area contributed by atoms with Crippen LogP contribution in [0, 0.1) is 17.4 Å². The van der Waals surface area contributed by atoms with E-state index in [1.54, 1.807) is 12.1 Å². The average molecular weight is 290 g/mol. The van der Waals surface area contributed by atoms with Gasteiger partial charge in [0, 0.05) is 23.1 Å². The maximum absolute atomic E-state index is 14.2. The molecule has 104 valence electrons. The highest BCUT2D eigenvalue weighted by Crippen LogP contribution is 2.39. The molecule has 0 radical (unpaired) electrons. The summed E-state index contributed by atoms with van der Waals surface area (Å²) in [6.45, 7) is 1.86. The molecule has 1 aromatic carbocycles. The predicted molar refractivity (Wildman–Crippen MR) is 78.1 cm³/mol. The maximum atomic E-state index is 14.2. The molecule has 0 bridgehead atoms. The van der Waals surface area contributed by atoms with Gasteiger partial charge in [-0.1, -0.05) is 12.2 Å². The minimum atomic E-state index is -0.328. The highest BCUT2D eigenvalue weighted by molar-refractivity contribution is 7.71. The van der Waals surface area contributed by atoms with Gasteiger partial charge in [0.2, 0.25) is 0 Å². The normalized spacial score (nSPS) is 14.3. The van der Waals surface area contributed by atoms with Crippen molar-refractivity contribution >= 4 is 12.2 Å². The summed E-state index contributed by atoms with van der Waals surface area (Å²) in [5, 5.41) is 0. The minimum Gasteiger partial charge on any atom is -0.497 e. The molecular formula is C15H15FN2OS. The Morgan fingerprint density at radius 2 is 2.15 bits per heavy atom. The Kier molecular flexibility index (Phi) is 3.30. The van der Waals surface area contributed by atoms with Crippen LogP contribution in [0.4, 0.5) is 4.39 Å². The fourth-order valence-corrected chi connectivity index (χ4v) is 2.40. The highest BCUT2D eigenvalue weighted by Gasteiger charge is 2.27. The van der Waals surface area contributed by atoms with Crippen molar-refractivity contribution in [2.75, 3.05) is 7.11 Å². The van der Waals surface area contributed by atoms with Gasteiger partial charge < -0.3 is 9.72 Å². The monoisotopic (exact) mass is 290 g/mol. The molecule has 0 saturated heterocycles. The van der Waals surface area contributed by atoms with E-state index in [1.807, 2.05) is 6.92 Å². The van der Waals surface area contributed by atoms with Crippen LogP contribution in [0.2, 0.25) is 0 Å². The lowest BCUT2D eigenvalue weighted by Crippen LogP contribution is -2.00. The van der Waals surface area contributed by atoms with E-state index in [2.05, 4.69) is 9.97 Å². The van der Waals surface area contributed by atoms with Crippen molar-refractivity contribution in [2.45, 2.75) is 25.7 Å². The Balaban J connectivity index is 2.15. The lowest BCUT2D eigenvalue weighted by molar-refractivity contribution is 0.411. The van der Waals surface area contributed by atoms with E-state index in [1.165, 1.54) is 13.2 Å². The topological polar surface area (TPSA) is 37.9 Å². The summed E-state index contributed by atoms with van der Waals surface area (Å²) in [4.78, 5) is 7.65. The van der Waals surface area contributed by atoms with E-state index in [9.17, 15) is 4.39 Å². The lowest BCUT2D eigenvalue weighted by Gasteiger charge is -2.11. The number of methoxy groups -OCH3 is 1. The van der Waals surface area contributed by atoms with Crippen molar-refractivity contribution in [3.63, 3.8) is 0 Å². The zero-order chi connectivity index (χ0) is 14.3. The molecule has 1 aromatic heterocycles. The number of H-pyrrole nitrogens is 1. The summed E-state index contributed by atoms with van der Waals surface area (Å²) in [5.74, 6) is 1.48. The third kappa shape index (κ3) is 2.33. The number of hydrogen-bond donors (Lipinski definition) is 1. The number of hydrogen-bond acceptors (Lipinski definition) is 3. The molecule has 3 rings (SSSR count). The van der Waals surface area contributed by atoms with Crippen LogP contribution in [0.5, 0.6) is 5.75 Å². The zero-order valence-electron chi connectivity index (χ0n) is 11.4. The summed E-state index contributed by atoms with van der Waals surface area (Å²) in [6.07, 6.45) is 2.23. The zero-order valence-corrected chi connectivity index (χ0v) is 12.2. The average Bonchev–Trinajstić information content (AvgIpc) is 3.26. The quantitative estimate of drug-likeness (QED) is 0.863. The smallest absolute Gasteiger partial charge is 0.136 e. The number of halogens is 1. The number of aromatic nitrogens is 2. The maximum Gasteiger partial charge on any atom is 0.136 e. The summed E-state index contributed by atoms with van der Waals surface area (Å²) < 4.78 is 19.8. The first-order chi connectivity index (χ1) is 9.60. The van der Waals surface area contributed by atoms with Crippen molar-refractivity contribution in [1.82, 2.24) is 9.97 Å². The Labute approximate surface area is 121 Å². The molecule has 1 N–H and O–H groups in total. The third-order valence-electron chi connectivity index (χ3n) is 3.58. The van der Waals surface area contributed by atoms with Crippen LogP contribution in [0.1, 0.15) is 30.1 Å². The standard InChI is InChI=1S/C15H15FN2OS/c1-8-13(11-6-5-10(19-2)7-12(11)16)17-14(9-3-4-9)18-15(8)20/h5-7,9H,3-4H2,1-2H3,(H,17,18,20). The van der Waals surface area contributed by atoms with E-state index in [4.69, 9.17) is 17.0 Å². The van der Waals surface area contributed by atoms with Crippen molar-refractivity contribution in [1.29, 1.82) is 0 Å². The molecule has 1 heterocycles. The van der Waals surface area contributed by atoms with Crippen molar-refractivity contribution < 1.29 is 9.13 Å². The molecule has 0 aliphatic heterocycles. The first-order valence-electron chi connectivity index (χ1n) is 6.55. The molecular weight excluding hydrogens is 275 g/mol. The lowest BCUT2D eigenvalue weighted by atomic mass is 10.1. The fourth-order valence-electron chi connectivity index (χ4n) is 2.19. The van der Waals surface area contributed by atoms with E-state index in [-0.39, 0.29) is 5.82 Å². The van der Waals surface area contributed by atoms with Gasteiger partial charge in [0.1, 0.15) is 22.0 Å². The second-order valence-corrected chi connectivity index (χ2v) is 5.43. The molecule has 1 aliphatic rings. The van der Waals surface area contributed by atoms with E-state index >= 15 is 0 Å². The van der Waals surface area contributed by atoms with Crippen LogP contribution < -0.4 is 4.74 Å². The molecule has 1 saturated carbocycles. The Hall–Kier alpha value is -1.75. The molecule has 20 heavy (non-hydrogen) atoms. The van der Waals surface area contributed by atoms with Gasteiger partial charge in [0.15, 0.2) is 0 Å². The molecule has 0 unspecified atom stereocenters. The fraction of sp³-hybridized carbons (Fsp3) is 0.333. The van der Waals surface area contributed by atoms with Crippen molar-refractivity contribution in [3.05, 3.63) is 40.0 Å².